The molecule has 0 bridgehead atoms. The molecule has 3 rings (SSSR count). The number of hydrogen-bond donors (Lipinski definition) is 2. The number of rotatable bonds is 5. The topological polar surface area (TPSA) is 49.3 Å². The summed E-state index contributed by atoms with van der Waals surface area (Å²) in [5.74, 6) is -0.0753. The van der Waals surface area contributed by atoms with Gasteiger partial charge in [-0.25, -0.2) is 0 Å². The van der Waals surface area contributed by atoms with E-state index in [0.717, 1.165) is 24.1 Å². The van der Waals surface area contributed by atoms with E-state index in [1.54, 1.807) is 11.3 Å². The lowest BCUT2D eigenvalue weighted by molar-refractivity contribution is 0.00711. The maximum atomic E-state index is 12.5. The molecule has 1 fully saturated rings. The molecular formula is C17H19NO2S. The van der Waals surface area contributed by atoms with E-state index in [1.807, 2.05) is 47.8 Å². The molecule has 0 saturated heterocycles. The second-order valence-electron chi connectivity index (χ2n) is 5.66. The summed E-state index contributed by atoms with van der Waals surface area (Å²) >= 11 is 1.63. The predicted molar refractivity (Wildman–Crippen MR) is 84.3 cm³/mol. The minimum Gasteiger partial charge on any atom is -0.396 e. The molecule has 1 aliphatic carbocycles. The summed E-state index contributed by atoms with van der Waals surface area (Å²) in [6.07, 6.45) is 3.03. The van der Waals surface area contributed by atoms with E-state index in [-0.39, 0.29) is 24.0 Å². The summed E-state index contributed by atoms with van der Waals surface area (Å²) in [5.41, 5.74) is 0.460. The summed E-state index contributed by atoms with van der Waals surface area (Å²) in [7, 11) is 0. The molecule has 2 N–H and O–H groups in total. The average molecular weight is 301 g/mol. The summed E-state index contributed by atoms with van der Waals surface area (Å²) < 4.78 is 0. The number of hydrogen-bond acceptors (Lipinski definition) is 3. The number of thiophene rings is 1. The number of benzene rings is 1. The molecule has 2 aromatic rings. The van der Waals surface area contributed by atoms with Crippen molar-refractivity contribution in [3.8, 4) is 0 Å². The minimum absolute atomic E-state index is 0.0753. The third-order valence-electron chi connectivity index (χ3n) is 4.42. The van der Waals surface area contributed by atoms with Crippen LogP contribution in [0, 0.1) is 5.41 Å². The van der Waals surface area contributed by atoms with Gasteiger partial charge < -0.3 is 10.4 Å². The Hall–Kier alpha value is -1.65. The van der Waals surface area contributed by atoms with E-state index in [2.05, 4.69) is 5.32 Å². The van der Waals surface area contributed by atoms with Crippen LogP contribution in [-0.4, -0.2) is 17.6 Å². The lowest BCUT2D eigenvalue weighted by Crippen LogP contribution is -2.47. The van der Waals surface area contributed by atoms with Gasteiger partial charge in [0.1, 0.15) is 0 Å². The van der Waals surface area contributed by atoms with Gasteiger partial charge >= 0.3 is 0 Å². The SMILES string of the molecule is O=C(NC(c1cccs1)C1(CO)CCC1)c1ccccc1. The zero-order valence-electron chi connectivity index (χ0n) is 11.8. The summed E-state index contributed by atoms with van der Waals surface area (Å²) in [5, 5.41) is 15.0. The van der Waals surface area contributed by atoms with E-state index in [1.165, 1.54) is 0 Å². The summed E-state index contributed by atoms with van der Waals surface area (Å²) in [6, 6.07) is 13.2. The molecule has 110 valence electrons. The molecule has 0 spiro atoms. The zero-order chi connectivity index (χ0) is 14.7. The smallest absolute Gasteiger partial charge is 0.251 e. The molecule has 1 atom stereocenters. The van der Waals surface area contributed by atoms with Crippen LogP contribution in [-0.2, 0) is 0 Å². The van der Waals surface area contributed by atoms with Crippen molar-refractivity contribution in [1.29, 1.82) is 0 Å². The average Bonchev–Trinajstić information content (AvgIpc) is 3.00. The van der Waals surface area contributed by atoms with E-state index in [4.69, 9.17) is 0 Å². The molecule has 1 saturated carbocycles. The fraction of sp³-hybridized carbons (Fsp3) is 0.353. The number of carbonyl (C=O) groups is 1. The van der Waals surface area contributed by atoms with Crippen molar-refractivity contribution < 1.29 is 9.90 Å². The molecule has 1 unspecified atom stereocenters. The van der Waals surface area contributed by atoms with Crippen LogP contribution < -0.4 is 5.32 Å². The maximum Gasteiger partial charge on any atom is 0.251 e. The molecule has 21 heavy (non-hydrogen) atoms. The zero-order valence-corrected chi connectivity index (χ0v) is 12.6. The molecule has 1 aliphatic rings. The van der Waals surface area contributed by atoms with Crippen molar-refractivity contribution in [3.05, 3.63) is 58.3 Å². The largest absolute Gasteiger partial charge is 0.396 e. The lowest BCUT2D eigenvalue weighted by atomic mass is 9.64. The molecule has 1 heterocycles. The van der Waals surface area contributed by atoms with Crippen LogP contribution in [0.15, 0.2) is 47.8 Å². The summed E-state index contributed by atoms with van der Waals surface area (Å²) in [6.45, 7) is 0.116. The molecule has 3 nitrogen and oxygen atoms in total. The van der Waals surface area contributed by atoms with Crippen molar-refractivity contribution >= 4 is 17.2 Å². The first kappa shape index (κ1) is 14.3. The summed E-state index contributed by atoms with van der Waals surface area (Å²) in [4.78, 5) is 13.6. The second-order valence-corrected chi connectivity index (χ2v) is 6.64. The molecule has 1 aromatic heterocycles. The number of carbonyl (C=O) groups excluding carboxylic acids is 1. The van der Waals surface area contributed by atoms with E-state index < -0.39 is 0 Å². The number of nitrogens with one attached hydrogen (secondary N) is 1. The fourth-order valence-electron chi connectivity index (χ4n) is 2.95. The standard InChI is InChI=1S/C17H19NO2S/c19-12-17(9-5-10-17)15(14-8-4-11-21-14)18-16(20)13-6-2-1-3-7-13/h1-4,6-8,11,15,19H,5,9-10,12H2,(H,18,20). The van der Waals surface area contributed by atoms with Gasteiger partial charge in [-0.05, 0) is 36.4 Å². The number of amides is 1. The van der Waals surface area contributed by atoms with Crippen LogP contribution >= 0.6 is 11.3 Å². The Bertz CT molecular complexity index is 585. The van der Waals surface area contributed by atoms with E-state index in [9.17, 15) is 9.90 Å². The van der Waals surface area contributed by atoms with Gasteiger partial charge in [0.15, 0.2) is 0 Å². The van der Waals surface area contributed by atoms with Crippen molar-refractivity contribution in [3.63, 3.8) is 0 Å². The lowest BCUT2D eigenvalue weighted by Gasteiger charge is -2.46. The first-order valence-electron chi connectivity index (χ1n) is 7.25. The quantitative estimate of drug-likeness (QED) is 0.889. The Morgan fingerprint density at radius 1 is 1.24 bits per heavy atom. The Kier molecular flexibility index (Phi) is 4.08. The Morgan fingerprint density at radius 3 is 2.52 bits per heavy atom. The van der Waals surface area contributed by atoms with Gasteiger partial charge in [0.25, 0.3) is 5.91 Å². The third kappa shape index (κ3) is 2.74. The van der Waals surface area contributed by atoms with Crippen LogP contribution in [0.2, 0.25) is 0 Å². The highest BCUT2D eigenvalue weighted by Crippen LogP contribution is 2.50. The minimum atomic E-state index is -0.199. The van der Waals surface area contributed by atoms with Crippen LogP contribution in [0.5, 0.6) is 0 Å². The first-order chi connectivity index (χ1) is 10.2. The van der Waals surface area contributed by atoms with Crippen LogP contribution in [0.25, 0.3) is 0 Å². The highest BCUT2D eigenvalue weighted by molar-refractivity contribution is 7.10. The van der Waals surface area contributed by atoms with Crippen LogP contribution in [0.1, 0.15) is 40.5 Å². The monoisotopic (exact) mass is 301 g/mol. The highest BCUT2D eigenvalue weighted by atomic mass is 32.1. The fourth-order valence-corrected chi connectivity index (χ4v) is 3.87. The van der Waals surface area contributed by atoms with E-state index >= 15 is 0 Å². The van der Waals surface area contributed by atoms with Gasteiger partial charge in [-0.15, -0.1) is 11.3 Å². The van der Waals surface area contributed by atoms with E-state index in [0.29, 0.717) is 5.56 Å². The molecule has 1 amide bonds. The van der Waals surface area contributed by atoms with Gasteiger partial charge in [-0.3, -0.25) is 4.79 Å². The van der Waals surface area contributed by atoms with Gasteiger partial charge in [0.2, 0.25) is 0 Å². The molecule has 4 heteroatoms. The van der Waals surface area contributed by atoms with Crippen molar-refractivity contribution in [1.82, 2.24) is 5.32 Å². The highest BCUT2D eigenvalue weighted by Gasteiger charge is 2.45. The van der Waals surface area contributed by atoms with Gasteiger partial charge in [0, 0.05) is 15.9 Å². The van der Waals surface area contributed by atoms with Crippen molar-refractivity contribution in [2.45, 2.75) is 25.3 Å². The normalized spacial score (nSPS) is 17.8. The van der Waals surface area contributed by atoms with Crippen molar-refractivity contribution in [2.24, 2.45) is 5.41 Å². The van der Waals surface area contributed by atoms with Crippen LogP contribution in [0.4, 0.5) is 0 Å². The Labute approximate surface area is 128 Å². The molecular weight excluding hydrogens is 282 g/mol. The molecule has 1 aromatic carbocycles. The van der Waals surface area contributed by atoms with Gasteiger partial charge in [-0.2, -0.15) is 0 Å². The van der Waals surface area contributed by atoms with Crippen LogP contribution in [0.3, 0.4) is 0 Å². The molecule has 0 aliphatic heterocycles. The first-order valence-corrected chi connectivity index (χ1v) is 8.13. The molecule has 0 radical (unpaired) electrons. The van der Waals surface area contributed by atoms with Gasteiger partial charge in [0.05, 0.1) is 12.6 Å². The van der Waals surface area contributed by atoms with Gasteiger partial charge in [-0.1, -0.05) is 30.7 Å². The predicted octanol–water partition coefficient (Wildman–Crippen LogP) is 3.38. The Balaban J connectivity index is 1.85. The maximum absolute atomic E-state index is 12.5. The Morgan fingerprint density at radius 2 is 2.00 bits per heavy atom. The third-order valence-corrected chi connectivity index (χ3v) is 5.35. The second kappa shape index (κ2) is 6.00. The van der Waals surface area contributed by atoms with Crippen molar-refractivity contribution in [2.75, 3.05) is 6.61 Å². The number of aliphatic hydroxyl groups excluding tert-OH is 1. The number of aliphatic hydroxyl groups is 1.